The van der Waals surface area contributed by atoms with Gasteiger partial charge in [0.1, 0.15) is 29.6 Å². The number of carbonyl (C=O) groups is 1. The van der Waals surface area contributed by atoms with E-state index in [1.54, 1.807) is 5.38 Å². The number of amides is 1. The highest BCUT2D eigenvalue weighted by atomic mass is 32.1. The first-order valence-electron chi connectivity index (χ1n) is 6.44. The third-order valence-corrected chi connectivity index (χ3v) is 3.90. The van der Waals surface area contributed by atoms with Crippen molar-refractivity contribution in [3.05, 3.63) is 33.9 Å². The number of nitrogens with one attached hydrogen (secondary N) is 1. The van der Waals surface area contributed by atoms with Gasteiger partial charge in [0.15, 0.2) is 11.5 Å². The first-order valence-corrected chi connectivity index (χ1v) is 7.32. The molecule has 3 rings (SSSR count). The molecule has 0 spiro atoms. The van der Waals surface area contributed by atoms with Crippen LogP contribution in [-0.4, -0.2) is 25.7 Å². The summed E-state index contributed by atoms with van der Waals surface area (Å²) < 4.78 is 16.4. The van der Waals surface area contributed by atoms with Gasteiger partial charge in [-0.05, 0) is 19.1 Å². The Morgan fingerprint density at radius 3 is 3.00 bits per heavy atom. The van der Waals surface area contributed by atoms with Gasteiger partial charge < -0.3 is 19.2 Å². The molecule has 6 heteroatoms. The Balaban J connectivity index is 1.58. The molecule has 0 saturated carbocycles. The number of aryl methyl sites for hydroxylation is 1. The van der Waals surface area contributed by atoms with Crippen LogP contribution in [0.1, 0.15) is 21.2 Å². The number of ether oxygens (including phenoxy) is 2. The molecule has 0 bridgehead atoms. The van der Waals surface area contributed by atoms with E-state index < -0.39 is 0 Å². The maximum absolute atomic E-state index is 12.1. The van der Waals surface area contributed by atoms with Crippen LogP contribution >= 0.6 is 11.3 Å². The standard InChI is InChI=1S/C14H15NO4S/c1-9-2-3-10(19-9)4-5-15-14(16)13-12-11(8-20-13)17-6-7-18-12/h2-3,8H,4-7H2,1H3,(H,15,16). The molecule has 20 heavy (non-hydrogen) atoms. The van der Waals surface area contributed by atoms with Crippen molar-refractivity contribution in [3.63, 3.8) is 0 Å². The molecule has 2 aromatic heterocycles. The summed E-state index contributed by atoms with van der Waals surface area (Å²) in [7, 11) is 0. The summed E-state index contributed by atoms with van der Waals surface area (Å²) in [6.07, 6.45) is 0.671. The molecular weight excluding hydrogens is 278 g/mol. The molecule has 0 atom stereocenters. The van der Waals surface area contributed by atoms with Crippen molar-refractivity contribution in [3.8, 4) is 11.5 Å². The molecule has 1 aliphatic rings. The van der Waals surface area contributed by atoms with Crippen LogP contribution in [-0.2, 0) is 6.42 Å². The minimum Gasteiger partial charge on any atom is -0.485 e. The minimum atomic E-state index is -0.134. The summed E-state index contributed by atoms with van der Waals surface area (Å²) in [5, 5.41) is 4.67. The van der Waals surface area contributed by atoms with E-state index in [1.807, 2.05) is 19.1 Å². The number of furan rings is 1. The Kier molecular flexibility index (Phi) is 3.64. The lowest BCUT2D eigenvalue weighted by molar-refractivity contribution is 0.0948. The van der Waals surface area contributed by atoms with Gasteiger partial charge in [-0.15, -0.1) is 11.3 Å². The van der Waals surface area contributed by atoms with Gasteiger partial charge in [-0.2, -0.15) is 0 Å². The number of hydrogen-bond donors (Lipinski definition) is 1. The lowest BCUT2D eigenvalue weighted by Crippen LogP contribution is -2.26. The van der Waals surface area contributed by atoms with Crippen molar-refractivity contribution in [1.29, 1.82) is 0 Å². The van der Waals surface area contributed by atoms with Crippen molar-refractivity contribution in [2.24, 2.45) is 0 Å². The van der Waals surface area contributed by atoms with Crippen LogP contribution < -0.4 is 14.8 Å². The van der Waals surface area contributed by atoms with Gasteiger partial charge >= 0.3 is 0 Å². The molecule has 0 unspecified atom stereocenters. The number of rotatable bonds is 4. The lowest BCUT2D eigenvalue weighted by Gasteiger charge is -2.15. The summed E-state index contributed by atoms with van der Waals surface area (Å²) in [4.78, 5) is 12.7. The molecule has 1 aliphatic heterocycles. The molecule has 5 nitrogen and oxygen atoms in total. The van der Waals surface area contributed by atoms with E-state index in [1.165, 1.54) is 11.3 Å². The predicted molar refractivity (Wildman–Crippen MR) is 74.8 cm³/mol. The molecule has 0 fully saturated rings. The van der Waals surface area contributed by atoms with Crippen molar-refractivity contribution in [2.75, 3.05) is 19.8 Å². The molecule has 0 radical (unpaired) electrons. The smallest absolute Gasteiger partial charge is 0.265 e. The van der Waals surface area contributed by atoms with E-state index in [-0.39, 0.29) is 5.91 Å². The largest absolute Gasteiger partial charge is 0.485 e. The Morgan fingerprint density at radius 2 is 2.20 bits per heavy atom. The summed E-state index contributed by atoms with van der Waals surface area (Å²) in [5.74, 6) is 2.84. The topological polar surface area (TPSA) is 60.7 Å². The predicted octanol–water partition coefficient (Wildman–Crippen LogP) is 2.39. The first-order chi connectivity index (χ1) is 9.74. The van der Waals surface area contributed by atoms with E-state index >= 15 is 0 Å². The van der Waals surface area contributed by atoms with E-state index in [9.17, 15) is 4.79 Å². The molecular formula is C14H15NO4S. The zero-order chi connectivity index (χ0) is 13.9. The first kappa shape index (κ1) is 13.1. The van der Waals surface area contributed by atoms with Crippen LogP contribution in [0.25, 0.3) is 0 Å². The van der Waals surface area contributed by atoms with Crippen LogP contribution in [0, 0.1) is 6.92 Å². The fourth-order valence-electron chi connectivity index (χ4n) is 2.02. The molecule has 0 aromatic carbocycles. The van der Waals surface area contributed by atoms with Gasteiger partial charge in [0.25, 0.3) is 5.91 Å². The summed E-state index contributed by atoms with van der Waals surface area (Å²) in [5.41, 5.74) is 0. The van der Waals surface area contributed by atoms with Gasteiger partial charge in [-0.1, -0.05) is 0 Å². The normalized spacial score (nSPS) is 13.2. The number of thiophene rings is 1. The molecule has 3 heterocycles. The van der Waals surface area contributed by atoms with Crippen LogP contribution in [0.5, 0.6) is 11.5 Å². The molecule has 1 amide bonds. The molecule has 106 valence electrons. The average molecular weight is 293 g/mol. The van der Waals surface area contributed by atoms with Crippen molar-refractivity contribution < 1.29 is 18.7 Å². The highest BCUT2D eigenvalue weighted by Gasteiger charge is 2.23. The second kappa shape index (κ2) is 5.58. The SMILES string of the molecule is Cc1ccc(CCNC(=O)c2scc3c2OCCO3)o1. The van der Waals surface area contributed by atoms with Crippen molar-refractivity contribution >= 4 is 17.2 Å². The van der Waals surface area contributed by atoms with E-state index in [0.717, 1.165) is 11.5 Å². The lowest BCUT2D eigenvalue weighted by atomic mass is 10.3. The molecule has 0 aliphatic carbocycles. The van der Waals surface area contributed by atoms with E-state index in [2.05, 4.69) is 5.32 Å². The van der Waals surface area contributed by atoms with Crippen LogP contribution in [0.2, 0.25) is 0 Å². The second-order valence-electron chi connectivity index (χ2n) is 4.47. The fourth-order valence-corrected chi connectivity index (χ4v) is 2.86. The zero-order valence-electron chi connectivity index (χ0n) is 11.1. The van der Waals surface area contributed by atoms with Gasteiger partial charge in [0.2, 0.25) is 0 Å². The van der Waals surface area contributed by atoms with Crippen molar-refractivity contribution in [2.45, 2.75) is 13.3 Å². The Bertz CT molecular complexity index is 616. The minimum absolute atomic E-state index is 0.134. The monoisotopic (exact) mass is 293 g/mol. The quantitative estimate of drug-likeness (QED) is 0.940. The van der Waals surface area contributed by atoms with Crippen molar-refractivity contribution in [1.82, 2.24) is 5.32 Å². The van der Waals surface area contributed by atoms with Crippen LogP contribution in [0.3, 0.4) is 0 Å². The molecule has 0 saturated heterocycles. The number of fused-ring (bicyclic) bond motifs is 1. The van der Waals surface area contributed by atoms with Gasteiger partial charge in [-0.25, -0.2) is 0 Å². The second-order valence-corrected chi connectivity index (χ2v) is 5.35. The average Bonchev–Trinajstić information content (AvgIpc) is 3.05. The van der Waals surface area contributed by atoms with E-state index in [0.29, 0.717) is 42.6 Å². The Morgan fingerprint density at radius 1 is 1.35 bits per heavy atom. The van der Waals surface area contributed by atoms with E-state index in [4.69, 9.17) is 13.9 Å². The fraction of sp³-hybridized carbons (Fsp3) is 0.357. The highest BCUT2D eigenvalue weighted by Crippen LogP contribution is 2.39. The van der Waals surface area contributed by atoms with Gasteiger partial charge in [0, 0.05) is 18.3 Å². The van der Waals surface area contributed by atoms with Gasteiger partial charge in [-0.3, -0.25) is 4.79 Å². The summed E-state index contributed by atoms with van der Waals surface area (Å²) in [6, 6.07) is 3.84. The summed E-state index contributed by atoms with van der Waals surface area (Å²) in [6.45, 7) is 3.44. The zero-order valence-corrected chi connectivity index (χ0v) is 11.9. The third-order valence-electron chi connectivity index (χ3n) is 2.96. The van der Waals surface area contributed by atoms with Crippen LogP contribution in [0.15, 0.2) is 21.9 Å². The Hall–Kier alpha value is -1.95. The van der Waals surface area contributed by atoms with Gasteiger partial charge in [0.05, 0.1) is 0 Å². The number of carbonyl (C=O) groups excluding carboxylic acids is 1. The molecule has 2 aromatic rings. The molecule has 1 N–H and O–H groups in total. The summed E-state index contributed by atoms with van der Waals surface area (Å²) >= 11 is 1.34. The maximum Gasteiger partial charge on any atom is 0.265 e. The Labute approximate surface area is 120 Å². The maximum atomic E-state index is 12.1. The highest BCUT2D eigenvalue weighted by molar-refractivity contribution is 7.12. The number of hydrogen-bond acceptors (Lipinski definition) is 5. The third kappa shape index (κ3) is 2.65. The van der Waals surface area contributed by atoms with Crippen LogP contribution in [0.4, 0.5) is 0 Å².